The van der Waals surface area contributed by atoms with E-state index < -0.39 is 0 Å². The molecule has 2 aromatic rings. The fourth-order valence-electron chi connectivity index (χ4n) is 2.83. The van der Waals surface area contributed by atoms with Crippen LogP contribution in [0.3, 0.4) is 0 Å². The molecule has 0 amide bonds. The van der Waals surface area contributed by atoms with E-state index in [2.05, 4.69) is 40.2 Å². The van der Waals surface area contributed by atoms with E-state index in [1.807, 2.05) is 18.2 Å². The van der Waals surface area contributed by atoms with Crippen molar-refractivity contribution in [2.75, 3.05) is 6.61 Å². The van der Waals surface area contributed by atoms with Gasteiger partial charge >= 0.3 is 0 Å². The van der Waals surface area contributed by atoms with Crippen molar-refractivity contribution < 1.29 is 4.74 Å². The maximum Gasteiger partial charge on any atom is 0.0845 e. The predicted molar refractivity (Wildman–Crippen MR) is 89.5 cm³/mol. The number of hydrogen-bond donors (Lipinski definition) is 1. The number of nitrogens with two attached hydrogens (primary N) is 1. The summed E-state index contributed by atoms with van der Waals surface area (Å²) in [5.41, 5.74) is 9.94. The van der Waals surface area contributed by atoms with Crippen LogP contribution in [0, 0.1) is 0 Å². The van der Waals surface area contributed by atoms with E-state index in [1.54, 1.807) is 0 Å². The molecule has 0 saturated carbocycles. The van der Waals surface area contributed by atoms with Crippen molar-refractivity contribution >= 4 is 27.5 Å². The van der Waals surface area contributed by atoms with Crippen LogP contribution in [-0.2, 0) is 11.2 Å². The highest BCUT2D eigenvalue weighted by Crippen LogP contribution is 2.35. The highest BCUT2D eigenvalue weighted by molar-refractivity contribution is 9.10. The first kappa shape index (κ1) is 15.0. The van der Waals surface area contributed by atoms with E-state index in [0.29, 0.717) is 5.02 Å². The van der Waals surface area contributed by atoms with Crippen molar-refractivity contribution in [1.82, 2.24) is 0 Å². The molecule has 0 saturated heterocycles. The molecule has 0 aliphatic carbocycles. The molecule has 4 heteroatoms. The van der Waals surface area contributed by atoms with Gasteiger partial charge in [-0.25, -0.2) is 0 Å². The Labute approximate surface area is 138 Å². The summed E-state index contributed by atoms with van der Waals surface area (Å²) in [6.07, 6.45) is 1.74. The van der Waals surface area contributed by atoms with Gasteiger partial charge in [0.15, 0.2) is 0 Å². The van der Waals surface area contributed by atoms with E-state index in [0.717, 1.165) is 29.5 Å². The fourth-order valence-corrected chi connectivity index (χ4v) is 3.46. The number of benzene rings is 2. The molecule has 0 bridgehead atoms. The molecule has 1 heterocycles. The third kappa shape index (κ3) is 3.32. The van der Waals surface area contributed by atoms with Crippen molar-refractivity contribution in [3.63, 3.8) is 0 Å². The number of hydrogen-bond acceptors (Lipinski definition) is 2. The molecule has 3 rings (SSSR count). The first-order chi connectivity index (χ1) is 10.1. The standard InChI is InChI=1S/C17H17BrClNO/c18-12-5-6-15(19)14(9-12)16(20)10-17-13-4-2-1-3-11(13)7-8-21-17/h1-6,9,16-17H,7-8,10,20H2. The second-order valence-electron chi connectivity index (χ2n) is 5.32. The Morgan fingerprint density at radius 2 is 2.10 bits per heavy atom. The lowest BCUT2D eigenvalue weighted by Gasteiger charge is -2.28. The SMILES string of the molecule is NC(CC1OCCc2ccccc21)c1cc(Br)ccc1Cl. The van der Waals surface area contributed by atoms with Gasteiger partial charge in [0, 0.05) is 15.5 Å². The first-order valence-electron chi connectivity index (χ1n) is 7.05. The Morgan fingerprint density at radius 1 is 1.29 bits per heavy atom. The van der Waals surface area contributed by atoms with Gasteiger partial charge in [-0.2, -0.15) is 0 Å². The molecule has 2 nitrogen and oxygen atoms in total. The molecule has 21 heavy (non-hydrogen) atoms. The van der Waals surface area contributed by atoms with Crippen molar-refractivity contribution in [3.05, 3.63) is 68.7 Å². The Bertz CT molecular complexity index is 646. The van der Waals surface area contributed by atoms with Gasteiger partial charge < -0.3 is 10.5 Å². The summed E-state index contributed by atoms with van der Waals surface area (Å²) in [7, 11) is 0. The molecule has 2 atom stereocenters. The molecule has 0 aromatic heterocycles. The van der Waals surface area contributed by atoms with Crippen LogP contribution in [-0.4, -0.2) is 6.61 Å². The van der Waals surface area contributed by atoms with Crippen LogP contribution in [0.15, 0.2) is 46.9 Å². The fraction of sp³-hybridized carbons (Fsp3) is 0.294. The highest BCUT2D eigenvalue weighted by Gasteiger charge is 2.24. The van der Waals surface area contributed by atoms with Gasteiger partial charge in [-0.05, 0) is 47.7 Å². The Morgan fingerprint density at radius 3 is 2.95 bits per heavy atom. The molecule has 0 fully saturated rings. The summed E-state index contributed by atoms with van der Waals surface area (Å²) in [6.45, 7) is 0.751. The van der Waals surface area contributed by atoms with Crippen molar-refractivity contribution in [3.8, 4) is 0 Å². The largest absolute Gasteiger partial charge is 0.373 e. The predicted octanol–water partition coefficient (Wildman–Crippen LogP) is 4.81. The summed E-state index contributed by atoms with van der Waals surface area (Å²) < 4.78 is 6.92. The van der Waals surface area contributed by atoms with Crippen molar-refractivity contribution in [2.45, 2.75) is 25.0 Å². The number of fused-ring (bicyclic) bond motifs is 1. The van der Waals surface area contributed by atoms with Crippen LogP contribution < -0.4 is 5.73 Å². The van der Waals surface area contributed by atoms with Gasteiger partial charge in [0.2, 0.25) is 0 Å². The third-order valence-electron chi connectivity index (χ3n) is 3.92. The maximum absolute atomic E-state index is 6.37. The lowest BCUT2D eigenvalue weighted by atomic mass is 9.92. The van der Waals surface area contributed by atoms with Gasteiger partial charge in [-0.15, -0.1) is 0 Å². The van der Waals surface area contributed by atoms with Crippen molar-refractivity contribution in [1.29, 1.82) is 0 Å². The lowest BCUT2D eigenvalue weighted by Crippen LogP contribution is -2.21. The zero-order valence-corrected chi connectivity index (χ0v) is 13.9. The zero-order chi connectivity index (χ0) is 14.8. The summed E-state index contributed by atoms with van der Waals surface area (Å²) in [5.74, 6) is 0. The summed E-state index contributed by atoms with van der Waals surface area (Å²) in [5, 5.41) is 0.704. The van der Waals surface area contributed by atoms with E-state index >= 15 is 0 Å². The van der Waals surface area contributed by atoms with Crippen molar-refractivity contribution in [2.24, 2.45) is 5.73 Å². The molecular formula is C17H17BrClNO. The minimum atomic E-state index is -0.147. The van der Waals surface area contributed by atoms with E-state index in [-0.39, 0.29) is 12.1 Å². The van der Waals surface area contributed by atoms with Crippen LogP contribution in [0.5, 0.6) is 0 Å². The smallest absolute Gasteiger partial charge is 0.0845 e. The minimum absolute atomic E-state index is 0.0417. The highest BCUT2D eigenvalue weighted by atomic mass is 79.9. The van der Waals surface area contributed by atoms with E-state index in [4.69, 9.17) is 22.1 Å². The summed E-state index contributed by atoms with van der Waals surface area (Å²) in [6, 6.07) is 14.1. The topological polar surface area (TPSA) is 35.2 Å². The average Bonchev–Trinajstić information content (AvgIpc) is 2.50. The average molecular weight is 367 g/mol. The minimum Gasteiger partial charge on any atom is -0.373 e. The number of rotatable bonds is 3. The molecule has 0 radical (unpaired) electrons. The lowest BCUT2D eigenvalue weighted by molar-refractivity contribution is 0.0320. The van der Waals surface area contributed by atoms with Gasteiger partial charge in [0.05, 0.1) is 12.7 Å². The zero-order valence-electron chi connectivity index (χ0n) is 11.6. The number of ether oxygens (including phenoxy) is 1. The monoisotopic (exact) mass is 365 g/mol. The Hall–Kier alpha value is -0.870. The maximum atomic E-state index is 6.37. The molecule has 1 aliphatic rings. The van der Waals surface area contributed by atoms with Gasteiger partial charge in [-0.3, -0.25) is 0 Å². The van der Waals surface area contributed by atoms with Crippen LogP contribution >= 0.6 is 27.5 Å². The summed E-state index contributed by atoms with van der Waals surface area (Å²) >= 11 is 9.74. The van der Waals surface area contributed by atoms with Crippen LogP contribution in [0.1, 0.15) is 35.3 Å². The Balaban J connectivity index is 1.82. The quantitative estimate of drug-likeness (QED) is 0.846. The molecule has 110 valence electrons. The second kappa shape index (κ2) is 6.49. The van der Waals surface area contributed by atoms with Crippen LogP contribution in [0.25, 0.3) is 0 Å². The van der Waals surface area contributed by atoms with Crippen LogP contribution in [0.2, 0.25) is 5.02 Å². The van der Waals surface area contributed by atoms with Gasteiger partial charge in [0.1, 0.15) is 0 Å². The van der Waals surface area contributed by atoms with E-state index in [9.17, 15) is 0 Å². The molecule has 2 aromatic carbocycles. The molecular weight excluding hydrogens is 350 g/mol. The number of halogens is 2. The normalized spacial score (nSPS) is 19.1. The Kier molecular flexibility index (Phi) is 4.65. The molecule has 2 N–H and O–H groups in total. The van der Waals surface area contributed by atoms with Crippen LogP contribution in [0.4, 0.5) is 0 Å². The molecule has 2 unspecified atom stereocenters. The third-order valence-corrected chi connectivity index (χ3v) is 4.76. The van der Waals surface area contributed by atoms with E-state index in [1.165, 1.54) is 11.1 Å². The summed E-state index contributed by atoms with van der Waals surface area (Å²) in [4.78, 5) is 0. The van der Waals surface area contributed by atoms with Gasteiger partial charge in [0.25, 0.3) is 0 Å². The molecule has 0 spiro atoms. The first-order valence-corrected chi connectivity index (χ1v) is 8.22. The second-order valence-corrected chi connectivity index (χ2v) is 6.64. The van der Waals surface area contributed by atoms with Gasteiger partial charge in [-0.1, -0.05) is 51.8 Å². The molecule has 1 aliphatic heterocycles.